The van der Waals surface area contributed by atoms with E-state index in [9.17, 15) is 14.4 Å². The van der Waals surface area contributed by atoms with Gasteiger partial charge in [0.15, 0.2) is 0 Å². The predicted octanol–water partition coefficient (Wildman–Crippen LogP) is 5.98. The smallest absolute Gasteiger partial charge is 0.245 e. The molecule has 244 valence electrons. The molecule has 0 aromatic heterocycles. The zero-order chi connectivity index (χ0) is 32.2. The molecule has 2 aromatic carbocycles. The number of nitrogens with two attached hydrogens (primary N) is 1. The van der Waals surface area contributed by atoms with E-state index in [0.717, 1.165) is 43.2 Å². The summed E-state index contributed by atoms with van der Waals surface area (Å²) < 4.78 is 0. The summed E-state index contributed by atoms with van der Waals surface area (Å²) in [7, 11) is 0. The van der Waals surface area contributed by atoms with E-state index in [-0.39, 0.29) is 23.1 Å². The van der Waals surface area contributed by atoms with Crippen LogP contribution in [0.15, 0.2) is 48.5 Å². The first-order valence-corrected chi connectivity index (χ1v) is 17.3. The SMILES string of the molecule is CC(C)(C)CNC(=O)C1(C2CCCCC2)CCN(C(=O)[C@@H](Cc2ccc(Cl)cc2)NC(=O)[C@@H]2CCc3ccccc3[C@@H]2N)CC1. The van der Waals surface area contributed by atoms with Crippen molar-refractivity contribution in [3.05, 3.63) is 70.2 Å². The number of likely N-dealkylation sites (tertiary alicyclic amines) is 1. The van der Waals surface area contributed by atoms with Crippen molar-refractivity contribution in [2.75, 3.05) is 19.6 Å². The number of halogens is 1. The lowest BCUT2D eigenvalue weighted by molar-refractivity contribution is -0.147. The number of carbonyl (C=O) groups excluding carboxylic acids is 3. The molecule has 1 saturated carbocycles. The summed E-state index contributed by atoms with van der Waals surface area (Å²) in [6, 6.07) is 14.3. The first-order valence-electron chi connectivity index (χ1n) is 16.9. The maximum Gasteiger partial charge on any atom is 0.245 e. The fourth-order valence-corrected chi connectivity index (χ4v) is 7.89. The van der Waals surface area contributed by atoms with Crippen LogP contribution >= 0.6 is 11.6 Å². The Kier molecular flexibility index (Phi) is 10.6. The fraction of sp³-hybridized carbons (Fsp3) is 0.595. The quantitative estimate of drug-likeness (QED) is 0.332. The highest BCUT2D eigenvalue weighted by Crippen LogP contribution is 2.46. The second kappa shape index (κ2) is 14.3. The van der Waals surface area contributed by atoms with Gasteiger partial charge in [-0.15, -0.1) is 0 Å². The molecule has 1 aliphatic heterocycles. The molecule has 3 atom stereocenters. The van der Waals surface area contributed by atoms with E-state index in [1.54, 1.807) is 0 Å². The maximum absolute atomic E-state index is 14.2. The number of nitrogens with zero attached hydrogens (tertiary/aromatic N) is 1. The summed E-state index contributed by atoms with van der Waals surface area (Å²) in [6.07, 6.45) is 8.74. The van der Waals surface area contributed by atoms with Crippen LogP contribution in [0.2, 0.25) is 5.02 Å². The summed E-state index contributed by atoms with van der Waals surface area (Å²) in [6.45, 7) is 8.04. The highest BCUT2D eigenvalue weighted by molar-refractivity contribution is 6.30. The molecule has 0 bridgehead atoms. The van der Waals surface area contributed by atoms with Gasteiger partial charge in [0, 0.05) is 37.1 Å². The Labute approximate surface area is 274 Å². The van der Waals surface area contributed by atoms with Gasteiger partial charge in [0.2, 0.25) is 17.7 Å². The molecule has 4 N–H and O–H groups in total. The first kappa shape index (κ1) is 33.5. The van der Waals surface area contributed by atoms with E-state index < -0.39 is 23.4 Å². The molecule has 0 spiro atoms. The second-order valence-corrected chi connectivity index (χ2v) is 15.3. The number of rotatable bonds is 8. The Bertz CT molecular complexity index is 1340. The lowest BCUT2D eigenvalue weighted by Gasteiger charge is -2.47. The molecule has 5 rings (SSSR count). The molecule has 2 aromatic rings. The van der Waals surface area contributed by atoms with Crippen LogP contribution in [-0.2, 0) is 27.2 Å². The minimum absolute atomic E-state index is 0.00384. The average molecular weight is 635 g/mol. The third-order valence-electron chi connectivity index (χ3n) is 10.5. The molecule has 2 aliphatic carbocycles. The lowest BCUT2D eigenvalue weighted by Crippen LogP contribution is -2.58. The van der Waals surface area contributed by atoms with Gasteiger partial charge < -0.3 is 21.3 Å². The highest BCUT2D eigenvalue weighted by atomic mass is 35.5. The summed E-state index contributed by atoms with van der Waals surface area (Å²) in [5.41, 5.74) is 9.28. The Morgan fingerprint density at radius 1 is 0.978 bits per heavy atom. The standard InChI is InChI=1S/C37H51ClN4O3/c1-36(2,3)24-40-35(45)37(27-10-5-4-6-11-27)19-21-42(22-20-37)34(44)31(23-25-13-16-28(38)17-14-25)41-33(43)30-18-15-26-9-7-8-12-29(26)32(30)39/h7-9,12-14,16-17,27,30-32H,4-6,10-11,15,18-24,39H2,1-3H3,(H,40,45)(H,41,43)/t30-,31-,32+/m1/s1. The molecular weight excluding hydrogens is 584 g/mol. The molecular formula is C37H51ClN4O3. The number of hydrogen-bond acceptors (Lipinski definition) is 4. The number of amides is 3. The minimum atomic E-state index is -0.736. The van der Waals surface area contributed by atoms with Gasteiger partial charge in [-0.2, -0.15) is 0 Å². The fourth-order valence-electron chi connectivity index (χ4n) is 7.77. The topological polar surface area (TPSA) is 105 Å². The number of nitrogens with one attached hydrogen (secondary N) is 2. The van der Waals surface area contributed by atoms with Crippen molar-refractivity contribution >= 4 is 29.3 Å². The molecule has 1 heterocycles. The van der Waals surface area contributed by atoms with E-state index in [4.69, 9.17) is 17.3 Å². The van der Waals surface area contributed by atoms with Crippen LogP contribution in [0.25, 0.3) is 0 Å². The van der Waals surface area contributed by atoms with Crippen LogP contribution in [0.1, 0.15) is 94.9 Å². The van der Waals surface area contributed by atoms with Gasteiger partial charge in [-0.25, -0.2) is 0 Å². The number of fused-ring (bicyclic) bond motifs is 1. The molecule has 8 heteroatoms. The van der Waals surface area contributed by atoms with Crippen molar-refractivity contribution < 1.29 is 14.4 Å². The van der Waals surface area contributed by atoms with E-state index in [1.807, 2.05) is 47.4 Å². The van der Waals surface area contributed by atoms with Crippen molar-refractivity contribution in [1.29, 1.82) is 0 Å². The molecule has 3 amide bonds. The van der Waals surface area contributed by atoms with Crippen molar-refractivity contribution in [1.82, 2.24) is 15.5 Å². The van der Waals surface area contributed by atoms with Gasteiger partial charge in [-0.3, -0.25) is 14.4 Å². The molecule has 0 radical (unpaired) electrons. The summed E-state index contributed by atoms with van der Waals surface area (Å²) in [5, 5.41) is 7.04. The van der Waals surface area contributed by atoms with Crippen LogP contribution in [0, 0.1) is 22.7 Å². The third-order valence-corrected chi connectivity index (χ3v) is 10.7. The summed E-state index contributed by atoms with van der Waals surface area (Å²) in [5.74, 6) is -0.209. The van der Waals surface area contributed by atoms with Gasteiger partial charge in [-0.05, 0) is 78.7 Å². The number of carbonyl (C=O) groups is 3. The van der Waals surface area contributed by atoms with Gasteiger partial charge in [0.25, 0.3) is 0 Å². The van der Waals surface area contributed by atoms with E-state index in [0.29, 0.717) is 56.3 Å². The highest BCUT2D eigenvalue weighted by Gasteiger charge is 2.48. The lowest BCUT2D eigenvalue weighted by atomic mass is 9.63. The first-order chi connectivity index (χ1) is 21.5. The Hall–Kier alpha value is -2.90. The van der Waals surface area contributed by atoms with Crippen LogP contribution in [0.3, 0.4) is 0 Å². The Morgan fingerprint density at radius 3 is 2.31 bits per heavy atom. The van der Waals surface area contributed by atoms with E-state index in [1.165, 1.54) is 12.0 Å². The number of piperidine rings is 1. The van der Waals surface area contributed by atoms with Crippen LogP contribution in [-0.4, -0.2) is 48.3 Å². The van der Waals surface area contributed by atoms with Crippen molar-refractivity contribution in [2.45, 2.75) is 97.1 Å². The zero-order valence-electron chi connectivity index (χ0n) is 27.2. The van der Waals surface area contributed by atoms with E-state index in [2.05, 4.69) is 37.5 Å². The molecule has 3 aliphatic rings. The van der Waals surface area contributed by atoms with E-state index >= 15 is 0 Å². The van der Waals surface area contributed by atoms with Crippen molar-refractivity contribution in [2.24, 2.45) is 28.4 Å². The van der Waals surface area contributed by atoms with Gasteiger partial charge in [-0.1, -0.05) is 88.0 Å². The van der Waals surface area contributed by atoms with Crippen molar-refractivity contribution in [3.63, 3.8) is 0 Å². The molecule has 7 nitrogen and oxygen atoms in total. The van der Waals surface area contributed by atoms with Crippen LogP contribution < -0.4 is 16.4 Å². The van der Waals surface area contributed by atoms with Gasteiger partial charge in [0.1, 0.15) is 6.04 Å². The third kappa shape index (κ3) is 7.91. The molecule has 0 unspecified atom stereocenters. The molecule has 1 saturated heterocycles. The molecule has 45 heavy (non-hydrogen) atoms. The number of aryl methyl sites for hydroxylation is 1. The Morgan fingerprint density at radius 2 is 1.64 bits per heavy atom. The second-order valence-electron chi connectivity index (χ2n) is 14.8. The normalized spacial score (nSPS) is 22.6. The Balaban J connectivity index is 1.32. The predicted molar refractivity (Wildman–Crippen MR) is 180 cm³/mol. The van der Waals surface area contributed by atoms with Crippen LogP contribution in [0.4, 0.5) is 0 Å². The summed E-state index contributed by atoms with van der Waals surface area (Å²) in [4.78, 5) is 43.8. The van der Waals surface area contributed by atoms with Crippen LogP contribution in [0.5, 0.6) is 0 Å². The van der Waals surface area contributed by atoms with Crippen molar-refractivity contribution in [3.8, 4) is 0 Å². The summed E-state index contributed by atoms with van der Waals surface area (Å²) >= 11 is 6.15. The maximum atomic E-state index is 14.2. The van der Waals surface area contributed by atoms with Gasteiger partial charge >= 0.3 is 0 Å². The van der Waals surface area contributed by atoms with Gasteiger partial charge in [0.05, 0.1) is 11.3 Å². The average Bonchev–Trinajstić information content (AvgIpc) is 3.04. The minimum Gasteiger partial charge on any atom is -0.355 e. The molecule has 2 fully saturated rings. The largest absolute Gasteiger partial charge is 0.355 e. The monoisotopic (exact) mass is 634 g/mol. The zero-order valence-corrected chi connectivity index (χ0v) is 28.0. The number of benzene rings is 2. The number of hydrogen-bond donors (Lipinski definition) is 3.